The van der Waals surface area contributed by atoms with Crippen LogP contribution in [0, 0.1) is 5.82 Å². The summed E-state index contributed by atoms with van der Waals surface area (Å²) < 4.78 is 70.4. The summed E-state index contributed by atoms with van der Waals surface area (Å²) in [4.78, 5) is 22.8. The first-order valence-corrected chi connectivity index (χ1v) is 37.4. The SMILES string of the molecule is COc1ccc(-c2ccc3nnc(COc4ccnc5cc(OC)ccc45)n3n2)cc1.COc1ccc2c(OCc3nnc4ccc(-c5ccc(F)cc5)nn34)ccnc2c1.COc1ccc2c(OCc3nnc4ccc(-c5cccnc5)nn34)ccnc2c1.COc1ccc2c(OCc3nnc4ccc(-c5cccs5)nn34)ccnc2c1. The number of aromatic nitrogens is 21. The van der Waals surface area contributed by atoms with Crippen LogP contribution in [0.25, 0.3) is 111 Å². The van der Waals surface area contributed by atoms with Crippen molar-refractivity contribution in [2.45, 2.75) is 26.4 Å². The fourth-order valence-corrected chi connectivity index (χ4v) is 13.3. The van der Waals surface area contributed by atoms with Crippen LogP contribution in [0.1, 0.15) is 23.3 Å². The van der Waals surface area contributed by atoms with E-state index in [1.54, 1.807) is 120 Å². The highest BCUT2D eigenvalue weighted by molar-refractivity contribution is 7.13. The quantitative estimate of drug-likeness (QED) is 0.0645. The van der Waals surface area contributed by atoms with Crippen LogP contribution in [-0.2, 0) is 26.4 Å². The summed E-state index contributed by atoms with van der Waals surface area (Å²) in [6.07, 6.45) is 10.3. The average molecular weight is 1590 g/mol. The molecule has 14 aromatic heterocycles. The highest BCUT2D eigenvalue weighted by Crippen LogP contribution is 2.34. The standard InChI is InChI=1S/C23H19N5O3.C22H16FN5O2.C21H16N6O2.C20H15N5O2S/c1-29-16-5-3-15(4-6-16)19-9-10-22-25-26-23(28(22)27-19)14-31-21-11-12-24-20-13-17(30-2)7-8-18(20)21;1-29-16-6-7-17-19(12-16)24-11-10-20(17)30-13-22-26-25-21-9-8-18(27-28(21)22)14-2-4-15(23)5-3-14;1-28-15-4-5-16-18(11-15)23-10-8-19(16)29-13-21-25-24-20-7-6-17(26-27(20)21)14-3-2-9-22-12-14;1-26-13-4-5-14-16(11-13)21-9-8-17(14)27-12-20-23-22-19-7-6-15(24-25(19)20)18-3-2-10-28-18/h3-13H,14H2,1-2H3;2-12H,13H2,1H3;2-12H,13H2,1H3;2-11H,12H2,1H3. The van der Waals surface area contributed by atoms with Gasteiger partial charge in [0.05, 0.1) is 79.6 Å². The highest BCUT2D eigenvalue weighted by Gasteiger charge is 2.18. The van der Waals surface area contributed by atoms with Gasteiger partial charge < -0.3 is 42.6 Å². The highest BCUT2D eigenvalue weighted by atomic mass is 32.1. The Bertz CT molecular complexity index is 6950. The molecule has 0 unspecified atom stereocenters. The third kappa shape index (κ3) is 16.4. The van der Waals surface area contributed by atoms with E-state index in [0.29, 0.717) is 68.8 Å². The minimum absolute atomic E-state index is 0.173. The lowest BCUT2D eigenvalue weighted by atomic mass is 10.1. The van der Waals surface area contributed by atoms with Gasteiger partial charge in [-0.3, -0.25) is 24.9 Å². The smallest absolute Gasteiger partial charge is 0.192 e. The van der Waals surface area contributed by atoms with Crippen molar-refractivity contribution in [3.05, 3.63) is 290 Å². The molecule has 0 saturated carbocycles. The van der Waals surface area contributed by atoms with Crippen LogP contribution in [0.3, 0.4) is 0 Å². The summed E-state index contributed by atoms with van der Waals surface area (Å²) in [7, 11) is 8.15. The molecule has 14 heterocycles. The summed E-state index contributed by atoms with van der Waals surface area (Å²) in [6, 6.07) is 66.8. The van der Waals surface area contributed by atoms with Gasteiger partial charge in [0, 0.05) is 99.7 Å². The molecule has 0 atom stereocenters. The van der Waals surface area contributed by atoms with E-state index < -0.39 is 0 Å². The largest absolute Gasteiger partial charge is 0.497 e. The van der Waals surface area contributed by atoms with Crippen molar-refractivity contribution in [1.29, 1.82) is 0 Å². The predicted molar refractivity (Wildman–Crippen MR) is 438 cm³/mol. The minimum Gasteiger partial charge on any atom is -0.497 e. The van der Waals surface area contributed by atoms with E-state index in [1.807, 2.05) is 193 Å². The molecule has 30 nitrogen and oxygen atoms in total. The summed E-state index contributed by atoms with van der Waals surface area (Å²) in [5.41, 5.74) is 11.6. The van der Waals surface area contributed by atoms with Crippen molar-refractivity contribution in [2.24, 2.45) is 0 Å². The van der Waals surface area contributed by atoms with Gasteiger partial charge in [-0.1, -0.05) is 6.07 Å². The Balaban J connectivity index is 0.000000113. The number of benzene rings is 6. The maximum Gasteiger partial charge on any atom is 0.192 e. The first-order chi connectivity index (χ1) is 58.1. The summed E-state index contributed by atoms with van der Waals surface area (Å²) in [5, 5.41) is 57.8. The number of halogens is 1. The first kappa shape index (κ1) is 74.9. The van der Waals surface area contributed by atoms with Crippen molar-refractivity contribution >= 4 is 77.5 Å². The van der Waals surface area contributed by atoms with Gasteiger partial charge in [-0.2, -0.15) is 38.5 Å². The maximum absolute atomic E-state index is 13.2. The van der Waals surface area contributed by atoms with Crippen LogP contribution in [0.5, 0.6) is 51.7 Å². The fourth-order valence-electron chi connectivity index (χ4n) is 12.6. The third-order valence-corrected chi connectivity index (χ3v) is 19.5. The normalized spacial score (nSPS) is 11.1. The molecule has 20 rings (SSSR count). The lowest BCUT2D eigenvalue weighted by Gasteiger charge is -2.09. The second-order valence-electron chi connectivity index (χ2n) is 25.8. The van der Waals surface area contributed by atoms with Crippen molar-refractivity contribution in [3.8, 4) is 96.1 Å². The molecule has 0 aliphatic heterocycles. The van der Waals surface area contributed by atoms with Gasteiger partial charge in [0.15, 0.2) is 45.9 Å². The number of thiophene rings is 1. The third-order valence-electron chi connectivity index (χ3n) is 18.6. The molecule has 0 amide bonds. The Labute approximate surface area is 673 Å². The van der Waals surface area contributed by atoms with Gasteiger partial charge >= 0.3 is 0 Å². The minimum atomic E-state index is -0.291. The molecular formula is C86H66FN21O9S. The molecule has 0 spiro atoms. The van der Waals surface area contributed by atoms with Gasteiger partial charge in [0.2, 0.25) is 0 Å². The van der Waals surface area contributed by atoms with Gasteiger partial charge in [-0.05, 0) is 193 Å². The van der Waals surface area contributed by atoms with Crippen molar-refractivity contribution in [2.75, 3.05) is 35.5 Å². The van der Waals surface area contributed by atoms with Crippen LogP contribution in [0.4, 0.5) is 4.39 Å². The van der Waals surface area contributed by atoms with Gasteiger partial charge in [0.25, 0.3) is 0 Å². The zero-order chi connectivity index (χ0) is 80.3. The lowest BCUT2D eigenvalue weighted by Crippen LogP contribution is -2.05. The molecule has 32 heteroatoms. The zero-order valence-electron chi connectivity index (χ0n) is 63.5. The molecule has 0 saturated heterocycles. The molecule has 0 aliphatic rings. The van der Waals surface area contributed by atoms with E-state index in [-0.39, 0.29) is 32.2 Å². The summed E-state index contributed by atoms with van der Waals surface area (Å²) in [5.74, 6) is 8.67. The number of rotatable bonds is 21. The predicted octanol–water partition coefficient (Wildman–Crippen LogP) is 15.3. The number of nitrogens with zero attached hydrogens (tertiary/aromatic N) is 21. The number of fused-ring (bicyclic) bond motifs is 8. The average Bonchev–Trinajstić information content (AvgIpc) is 1.61. The number of pyridine rings is 5. The molecule has 118 heavy (non-hydrogen) atoms. The van der Waals surface area contributed by atoms with Crippen LogP contribution in [0.2, 0.25) is 0 Å². The van der Waals surface area contributed by atoms with Crippen LogP contribution < -0.4 is 42.6 Å². The van der Waals surface area contributed by atoms with E-state index in [9.17, 15) is 4.39 Å². The Morgan fingerprint density at radius 3 is 0.966 bits per heavy atom. The second-order valence-corrected chi connectivity index (χ2v) is 26.7. The Morgan fingerprint density at radius 1 is 0.305 bits per heavy atom. The van der Waals surface area contributed by atoms with Gasteiger partial charge in [-0.15, -0.1) is 52.1 Å². The molecule has 0 bridgehead atoms. The molecule has 0 radical (unpaired) electrons. The molecule has 0 N–H and O–H groups in total. The molecule has 582 valence electrons. The Morgan fingerprint density at radius 2 is 0.636 bits per heavy atom. The van der Waals surface area contributed by atoms with E-state index in [0.717, 1.165) is 117 Å². The molecule has 0 aliphatic carbocycles. The van der Waals surface area contributed by atoms with E-state index in [2.05, 4.69) is 81.0 Å². The summed E-state index contributed by atoms with van der Waals surface area (Å²) >= 11 is 1.64. The molecule has 6 aromatic carbocycles. The summed E-state index contributed by atoms with van der Waals surface area (Å²) in [6.45, 7) is 0.848. The Hall–Kier alpha value is -15.9. The van der Waals surface area contributed by atoms with E-state index in [4.69, 9.17) is 47.7 Å². The number of ether oxygens (including phenoxy) is 9. The Kier molecular flexibility index (Phi) is 21.7. The van der Waals surface area contributed by atoms with Crippen molar-refractivity contribution in [3.63, 3.8) is 0 Å². The molecular weight excluding hydrogens is 1520 g/mol. The van der Waals surface area contributed by atoms with Crippen LogP contribution in [-0.4, -0.2) is 140 Å². The molecule has 20 aromatic rings. The molecule has 0 fully saturated rings. The maximum atomic E-state index is 13.2. The fraction of sp³-hybridized carbons (Fsp3) is 0.105. The lowest BCUT2D eigenvalue weighted by molar-refractivity contribution is 0.296. The zero-order valence-corrected chi connectivity index (χ0v) is 64.3. The van der Waals surface area contributed by atoms with Gasteiger partial charge in [-0.25, -0.2) is 4.39 Å². The van der Waals surface area contributed by atoms with E-state index in [1.165, 1.54) is 12.1 Å². The number of hydrogen-bond acceptors (Lipinski definition) is 27. The number of methoxy groups -OCH3 is 5. The van der Waals surface area contributed by atoms with Gasteiger partial charge in [0.1, 0.15) is 89.7 Å². The van der Waals surface area contributed by atoms with Crippen molar-refractivity contribution < 1.29 is 47.0 Å². The second kappa shape index (κ2) is 34.2. The van der Waals surface area contributed by atoms with Crippen LogP contribution >= 0.6 is 11.3 Å². The monoisotopic (exact) mass is 1590 g/mol. The topological polar surface area (TPSA) is 320 Å². The van der Waals surface area contributed by atoms with E-state index >= 15 is 0 Å². The number of hydrogen-bond donors (Lipinski definition) is 0. The van der Waals surface area contributed by atoms with Crippen LogP contribution in [0.15, 0.2) is 261 Å². The first-order valence-electron chi connectivity index (χ1n) is 36.5. The van der Waals surface area contributed by atoms with Crippen molar-refractivity contribution in [1.82, 2.24) is 104 Å².